The van der Waals surface area contributed by atoms with Crippen molar-refractivity contribution in [2.45, 2.75) is 13.8 Å². The van der Waals surface area contributed by atoms with E-state index >= 15 is 0 Å². The lowest BCUT2D eigenvalue weighted by Crippen LogP contribution is -2.17. The second kappa shape index (κ2) is 6.76. The first-order valence-corrected chi connectivity index (χ1v) is 6.96. The van der Waals surface area contributed by atoms with E-state index in [1.807, 2.05) is 13.0 Å². The van der Waals surface area contributed by atoms with Gasteiger partial charge in [-0.15, -0.1) is 0 Å². The monoisotopic (exact) mass is 298 g/mol. The summed E-state index contributed by atoms with van der Waals surface area (Å²) in [5.41, 5.74) is 8.23. The van der Waals surface area contributed by atoms with E-state index in [4.69, 9.17) is 10.5 Å². The number of nitrogens with one attached hydrogen (secondary N) is 1. The zero-order valence-corrected chi connectivity index (χ0v) is 12.6. The van der Waals surface area contributed by atoms with Gasteiger partial charge in [0.05, 0.1) is 23.4 Å². The van der Waals surface area contributed by atoms with Crippen molar-refractivity contribution in [3.8, 4) is 0 Å². The molecule has 0 fully saturated rings. The normalized spacial score (nSPS) is 10.1. The summed E-state index contributed by atoms with van der Waals surface area (Å²) in [6.07, 6.45) is 0. The SMILES string of the molecule is CCOC(=O)c1ccccc1NC(=O)c1cc(C)ccc1N. The third-order valence-corrected chi connectivity index (χ3v) is 3.12. The Morgan fingerprint density at radius 3 is 2.59 bits per heavy atom. The van der Waals surface area contributed by atoms with Gasteiger partial charge in [-0.05, 0) is 38.1 Å². The van der Waals surface area contributed by atoms with Crippen molar-refractivity contribution in [1.82, 2.24) is 0 Å². The molecule has 114 valence electrons. The van der Waals surface area contributed by atoms with Crippen LogP contribution >= 0.6 is 0 Å². The van der Waals surface area contributed by atoms with Gasteiger partial charge in [0, 0.05) is 5.69 Å². The summed E-state index contributed by atoms with van der Waals surface area (Å²) in [6, 6.07) is 11.9. The molecule has 2 aromatic rings. The molecule has 0 atom stereocenters. The van der Waals surface area contributed by atoms with Crippen LogP contribution in [0.3, 0.4) is 0 Å². The lowest BCUT2D eigenvalue weighted by Gasteiger charge is -2.11. The smallest absolute Gasteiger partial charge is 0.340 e. The number of anilines is 2. The Morgan fingerprint density at radius 1 is 1.14 bits per heavy atom. The lowest BCUT2D eigenvalue weighted by atomic mass is 10.1. The molecule has 0 radical (unpaired) electrons. The first kappa shape index (κ1) is 15.6. The molecule has 0 aromatic heterocycles. The molecule has 3 N–H and O–H groups in total. The maximum Gasteiger partial charge on any atom is 0.340 e. The minimum atomic E-state index is -0.476. The number of aryl methyl sites for hydroxylation is 1. The van der Waals surface area contributed by atoms with Crippen molar-refractivity contribution in [2.75, 3.05) is 17.7 Å². The van der Waals surface area contributed by atoms with Gasteiger partial charge < -0.3 is 15.8 Å². The Morgan fingerprint density at radius 2 is 1.86 bits per heavy atom. The van der Waals surface area contributed by atoms with Gasteiger partial charge in [0.2, 0.25) is 0 Å². The summed E-state index contributed by atoms with van der Waals surface area (Å²) in [7, 11) is 0. The standard InChI is InChI=1S/C17H18N2O3/c1-3-22-17(21)12-6-4-5-7-15(12)19-16(20)13-10-11(2)8-9-14(13)18/h4-10H,3,18H2,1-2H3,(H,19,20). The highest BCUT2D eigenvalue weighted by molar-refractivity contribution is 6.10. The fourth-order valence-electron chi connectivity index (χ4n) is 2.04. The maximum absolute atomic E-state index is 12.4. The summed E-state index contributed by atoms with van der Waals surface area (Å²) in [5, 5.41) is 2.71. The van der Waals surface area contributed by atoms with Crippen molar-refractivity contribution in [3.05, 3.63) is 59.2 Å². The maximum atomic E-state index is 12.4. The van der Waals surface area contributed by atoms with E-state index in [0.29, 0.717) is 22.5 Å². The van der Waals surface area contributed by atoms with Crippen LogP contribution in [0.2, 0.25) is 0 Å². The number of rotatable bonds is 4. The van der Waals surface area contributed by atoms with Crippen LogP contribution in [0.15, 0.2) is 42.5 Å². The van der Waals surface area contributed by atoms with E-state index in [2.05, 4.69) is 5.32 Å². The second-order valence-electron chi connectivity index (χ2n) is 4.81. The van der Waals surface area contributed by atoms with E-state index < -0.39 is 5.97 Å². The molecule has 0 saturated carbocycles. The van der Waals surface area contributed by atoms with Crippen LogP contribution in [0, 0.1) is 6.92 Å². The van der Waals surface area contributed by atoms with Gasteiger partial charge in [0.15, 0.2) is 0 Å². The summed E-state index contributed by atoms with van der Waals surface area (Å²) < 4.78 is 4.98. The first-order chi connectivity index (χ1) is 10.5. The highest BCUT2D eigenvalue weighted by Gasteiger charge is 2.16. The van der Waals surface area contributed by atoms with Crippen LogP contribution in [0.1, 0.15) is 33.2 Å². The quantitative estimate of drug-likeness (QED) is 0.671. The van der Waals surface area contributed by atoms with Crippen LogP contribution in [0.5, 0.6) is 0 Å². The van der Waals surface area contributed by atoms with E-state index in [1.165, 1.54) is 0 Å². The highest BCUT2D eigenvalue weighted by atomic mass is 16.5. The molecule has 2 aromatic carbocycles. The van der Waals surface area contributed by atoms with Gasteiger partial charge in [-0.1, -0.05) is 23.8 Å². The third-order valence-electron chi connectivity index (χ3n) is 3.12. The number of nitrogens with two attached hydrogens (primary N) is 1. The zero-order chi connectivity index (χ0) is 16.1. The lowest BCUT2D eigenvalue weighted by molar-refractivity contribution is 0.0527. The molecule has 5 nitrogen and oxygen atoms in total. The molecule has 0 spiro atoms. The molecule has 0 aliphatic carbocycles. The van der Waals surface area contributed by atoms with Gasteiger partial charge in [-0.25, -0.2) is 4.79 Å². The van der Waals surface area contributed by atoms with E-state index in [0.717, 1.165) is 5.56 Å². The zero-order valence-electron chi connectivity index (χ0n) is 12.6. The molecule has 2 rings (SSSR count). The Hall–Kier alpha value is -2.82. The summed E-state index contributed by atoms with van der Waals surface area (Å²) >= 11 is 0. The predicted octanol–water partition coefficient (Wildman–Crippen LogP) is 3.01. The Kier molecular flexibility index (Phi) is 4.78. The number of hydrogen-bond acceptors (Lipinski definition) is 4. The summed E-state index contributed by atoms with van der Waals surface area (Å²) in [4.78, 5) is 24.3. The summed E-state index contributed by atoms with van der Waals surface area (Å²) in [5.74, 6) is -0.839. The van der Waals surface area contributed by atoms with Gasteiger partial charge >= 0.3 is 5.97 Å². The number of amides is 1. The van der Waals surface area contributed by atoms with Crippen LogP contribution < -0.4 is 11.1 Å². The molecule has 0 heterocycles. The van der Waals surface area contributed by atoms with Gasteiger partial charge in [-0.3, -0.25) is 4.79 Å². The highest BCUT2D eigenvalue weighted by Crippen LogP contribution is 2.20. The first-order valence-electron chi connectivity index (χ1n) is 6.96. The van der Waals surface area contributed by atoms with Crippen LogP contribution in [0.4, 0.5) is 11.4 Å². The average Bonchev–Trinajstić information content (AvgIpc) is 2.50. The van der Waals surface area contributed by atoms with Gasteiger partial charge in [0.25, 0.3) is 5.91 Å². The molecule has 1 amide bonds. The number of benzene rings is 2. The third kappa shape index (κ3) is 3.44. The van der Waals surface area contributed by atoms with Crippen molar-refractivity contribution in [3.63, 3.8) is 0 Å². The fraction of sp³-hybridized carbons (Fsp3) is 0.176. The molecular formula is C17H18N2O3. The summed E-state index contributed by atoms with van der Waals surface area (Å²) in [6.45, 7) is 3.88. The minimum absolute atomic E-state index is 0.270. The number of hydrogen-bond donors (Lipinski definition) is 2. The van der Waals surface area contributed by atoms with E-state index in [1.54, 1.807) is 43.3 Å². The number of ether oxygens (including phenoxy) is 1. The Balaban J connectivity index is 2.29. The largest absolute Gasteiger partial charge is 0.462 e. The molecule has 0 unspecified atom stereocenters. The molecule has 0 bridgehead atoms. The van der Waals surface area contributed by atoms with Crippen molar-refractivity contribution in [1.29, 1.82) is 0 Å². The van der Waals surface area contributed by atoms with Crippen molar-refractivity contribution < 1.29 is 14.3 Å². The van der Waals surface area contributed by atoms with Crippen molar-refractivity contribution in [2.24, 2.45) is 0 Å². The number of nitrogen functional groups attached to an aromatic ring is 1. The fourth-order valence-corrected chi connectivity index (χ4v) is 2.04. The van der Waals surface area contributed by atoms with Crippen LogP contribution in [0.25, 0.3) is 0 Å². The number of para-hydroxylation sites is 1. The Labute approximate surface area is 129 Å². The van der Waals surface area contributed by atoms with Crippen LogP contribution in [-0.2, 0) is 4.74 Å². The topological polar surface area (TPSA) is 81.4 Å². The van der Waals surface area contributed by atoms with E-state index in [9.17, 15) is 9.59 Å². The number of esters is 1. The molecule has 22 heavy (non-hydrogen) atoms. The second-order valence-corrected chi connectivity index (χ2v) is 4.81. The van der Waals surface area contributed by atoms with Crippen LogP contribution in [-0.4, -0.2) is 18.5 Å². The van der Waals surface area contributed by atoms with E-state index in [-0.39, 0.29) is 12.5 Å². The van der Waals surface area contributed by atoms with Gasteiger partial charge in [0.1, 0.15) is 0 Å². The number of carbonyl (C=O) groups excluding carboxylic acids is 2. The molecule has 0 aliphatic heterocycles. The predicted molar refractivity (Wildman–Crippen MR) is 85.9 cm³/mol. The molecule has 5 heteroatoms. The molecule has 0 saturated heterocycles. The average molecular weight is 298 g/mol. The van der Waals surface area contributed by atoms with Crippen molar-refractivity contribution >= 4 is 23.3 Å². The van der Waals surface area contributed by atoms with Gasteiger partial charge in [-0.2, -0.15) is 0 Å². The minimum Gasteiger partial charge on any atom is -0.462 e. The number of carbonyl (C=O) groups is 2. The molecular weight excluding hydrogens is 280 g/mol. The Bertz CT molecular complexity index is 711. The molecule has 0 aliphatic rings.